The van der Waals surface area contributed by atoms with Crippen LogP contribution in [-0.2, 0) is 0 Å². The fourth-order valence-electron chi connectivity index (χ4n) is 1.96. The van der Waals surface area contributed by atoms with Crippen LogP contribution in [0.5, 0.6) is 0 Å². The van der Waals surface area contributed by atoms with E-state index in [-0.39, 0.29) is 0 Å². The van der Waals surface area contributed by atoms with Gasteiger partial charge in [0.15, 0.2) is 0 Å². The van der Waals surface area contributed by atoms with E-state index in [1.54, 1.807) is 0 Å². The summed E-state index contributed by atoms with van der Waals surface area (Å²) in [5.74, 6) is 0.944. The summed E-state index contributed by atoms with van der Waals surface area (Å²) in [5, 5.41) is 1.15. The summed E-state index contributed by atoms with van der Waals surface area (Å²) < 4.78 is 5.83. The van der Waals surface area contributed by atoms with Crippen LogP contribution in [0, 0.1) is 6.92 Å². The summed E-state index contributed by atoms with van der Waals surface area (Å²) in [7, 11) is 0. The van der Waals surface area contributed by atoms with E-state index in [1.807, 2.05) is 30.3 Å². The number of hydrogen-bond donors (Lipinski definition) is 0. The SMILES string of the molecule is Cc1ccccc1-c1cc2ccccc2o1. The van der Waals surface area contributed by atoms with E-state index in [9.17, 15) is 0 Å². The molecule has 0 bridgehead atoms. The molecule has 0 spiro atoms. The number of benzene rings is 2. The molecule has 0 aliphatic rings. The molecule has 0 atom stereocenters. The van der Waals surface area contributed by atoms with Gasteiger partial charge in [0, 0.05) is 10.9 Å². The minimum atomic E-state index is 0.944. The fraction of sp³-hybridized carbons (Fsp3) is 0.0667. The van der Waals surface area contributed by atoms with E-state index >= 15 is 0 Å². The van der Waals surface area contributed by atoms with E-state index in [0.29, 0.717) is 0 Å². The Balaban J connectivity index is 2.23. The molecule has 3 rings (SSSR count). The van der Waals surface area contributed by atoms with Crippen LogP contribution >= 0.6 is 0 Å². The number of hydrogen-bond acceptors (Lipinski definition) is 1. The van der Waals surface area contributed by atoms with E-state index in [0.717, 1.165) is 16.7 Å². The highest BCUT2D eigenvalue weighted by Crippen LogP contribution is 2.29. The van der Waals surface area contributed by atoms with Gasteiger partial charge in [-0.25, -0.2) is 0 Å². The second kappa shape index (κ2) is 3.53. The van der Waals surface area contributed by atoms with E-state index in [4.69, 9.17) is 4.42 Å². The third-order valence-corrected chi connectivity index (χ3v) is 2.84. The molecule has 3 aromatic rings. The van der Waals surface area contributed by atoms with Crippen LogP contribution in [0.2, 0.25) is 0 Å². The maximum Gasteiger partial charge on any atom is 0.135 e. The van der Waals surface area contributed by atoms with Gasteiger partial charge in [-0.1, -0.05) is 42.5 Å². The molecule has 1 heterocycles. The summed E-state index contributed by atoms with van der Waals surface area (Å²) in [6.45, 7) is 2.10. The third-order valence-electron chi connectivity index (χ3n) is 2.84. The maximum absolute atomic E-state index is 5.83. The number of furan rings is 1. The lowest BCUT2D eigenvalue weighted by atomic mass is 10.1. The number of aryl methyl sites for hydroxylation is 1. The number of fused-ring (bicyclic) bond motifs is 1. The molecule has 2 aromatic carbocycles. The zero-order valence-electron chi connectivity index (χ0n) is 9.10. The summed E-state index contributed by atoms with van der Waals surface area (Å²) in [6.07, 6.45) is 0. The zero-order chi connectivity index (χ0) is 11.0. The lowest BCUT2D eigenvalue weighted by molar-refractivity contribution is 0.631. The predicted molar refractivity (Wildman–Crippen MR) is 66.4 cm³/mol. The van der Waals surface area contributed by atoms with E-state index in [1.165, 1.54) is 11.1 Å². The van der Waals surface area contributed by atoms with Crippen LogP contribution in [0.1, 0.15) is 5.56 Å². The fourth-order valence-corrected chi connectivity index (χ4v) is 1.96. The van der Waals surface area contributed by atoms with Gasteiger partial charge >= 0.3 is 0 Å². The van der Waals surface area contributed by atoms with Gasteiger partial charge in [-0.3, -0.25) is 0 Å². The van der Waals surface area contributed by atoms with E-state index in [2.05, 4.69) is 31.2 Å². The second-order valence-electron chi connectivity index (χ2n) is 3.96. The van der Waals surface area contributed by atoms with Gasteiger partial charge in [-0.15, -0.1) is 0 Å². The quantitative estimate of drug-likeness (QED) is 0.577. The van der Waals surface area contributed by atoms with Gasteiger partial charge in [-0.2, -0.15) is 0 Å². The van der Waals surface area contributed by atoms with Crippen molar-refractivity contribution in [2.24, 2.45) is 0 Å². The van der Waals surface area contributed by atoms with E-state index < -0.39 is 0 Å². The van der Waals surface area contributed by atoms with Crippen molar-refractivity contribution in [3.8, 4) is 11.3 Å². The first-order valence-electron chi connectivity index (χ1n) is 5.39. The molecule has 1 heteroatoms. The van der Waals surface area contributed by atoms with Crippen LogP contribution < -0.4 is 0 Å². The standard InChI is InChI=1S/C15H12O/c1-11-6-2-4-8-13(11)15-10-12-7-3-5-9-14(12)16-15/h2-10H,1H3. The van der Waals surface area contributed by atoms with Gasteiger partial charge in [-0.05, 0) is 24.6 Å². The zero-order valence-corrected chi connectivity index (χ0v) is 9.10. The Bertz CT molecular complexity index is 601. The molecule has 16 heavy (non-hydrogen) atoms. The lowest BCUT2D eigenvalue weighted by Crippen LogP contribution is -1.78. The minimum Gasteiger partial charge on any atom is -0.456 e. The summed E-state index contributed by atoms with van der Waals surface area (Å²) in [6, 6.07) is 18.5. The predicted octanol–water partition coefficient (Wildman–Crippen LogP) is 4.41. The van der Waals surface area contributed by atoms with Crippen molar-refractivity contribution in [1.29, 1.82) is 0 Å². The Morgan fingerprint density at radius 1 is 0.875 bits per heavy atom. The Morgan fingerprint density at radius 3 is 2.44 bits per heavy atom. The molecule has 0 saturated heterocycles. The molecule has 0 radical (unpaired) electrons. The topological polar surface area (TPSA) is 13.1 Å². The Hall–Kier alpha value is -2.02. The normalized spacial score (nSPS) is 10.8. The Kier molecular flexibility index (Phi) is 2.03. The van der Waals surface area contributed by atoms with Crippen molar-refractivity contribution >= 4 is 11.0 Å². The largest absolute Gasteiger partial charge is 0.456 e. The average Bonchev–Trinajstić information content (AvgIpc) is 2.73. The monoisotopic (exact) mass is 208 g/mol. The van der Waals surface area contributed by atoms with Crippen LogP contribution in [-0.4, -0.2) is 0 Å². The first-order valence-corrected chi connectivity index (χ1v) is 5.39. The highest BCUT2D eigenvalue weighted by atomic mass is 16.3. The second-order valence-corrected chi connectivity index (χ2v) is 3.96. The molecular weight excluding hydrogens is 196 g/mol. The van der Waals surface area contributed by atoms with Gasteiger partial charge in [0.05, 0.1) is 0 Å². The molecular formula is C15H12O. The minimum absolute atomic E-state index is 0.944. The number of para-hydroxylation sites is 1. The molecule has 0 aliphatic heterocycles. The molecule has 0 amide bonds. The van der Waals surface area contributed by atoms with Crippen LogP contribution in [0.15, 0.2) is 59.0 Å². The van der Waals surface area contributed by atoms with Crippen molar-refractivity contribution in [1.82, 2.24) is 0 Å². The molecule has 0 unspecified atom stereocenters. The van der Waals surface area contributed by atoms with Crippen molar-refractivity contribution < 1.29 is 4.42 Å². The summed E-state index contributed by atoms with van der Waals surface area (Å²) >= 11 is 0. The highest BCUT2D eigenvalue weighted by molar-refractivity contribution is 5.83. The molecule has 1 aromatic heterocycles. The summed E-state index contributed by atoms with van der Waals surface area (Å²) in [4.78, 5) is 0. The first kappa shape index (κ1) is 9.22. The highest BCUT2D eigenvalue weighted by Gasteiger charge is 2.06. The van der Waals surface area contributed by atoms with Crippen LogP contribution in [0.3, 0.4) is 0 Å². The number of rotatable bonds is 1. The van der Waals surface area contributed by atoms with Gasteiger partial charge in [0.2, 0.25) is 0 Å². The molecule has 78 valence electrons. The third kappa shape index (κ3) is 1.41. The smallest absolute Gasteiger partial charge is 0.135 e. The van der Waals surface area contributed by atoms with Crippen molar-refractivity contribution in [2.45, 2.75) is 6.92 Å². The van der Waals surface area contributed by atoms with Crippen molar-refractivity contribution in [2.75, 3.05) is 0 Å². The van der Waals surface area contributed by atoms with Gasteiger partial charge in [0.1, 0.15) is 11.3 Å². The first-order chi connectivity index (χ1) is 7.84. The lowest BCUT2D eigenvalue weighted by Gasteiger charge is -2.00. The molecule has 1 nitrogen and oxygen atoms in total. The molecule has 0 fully saturated rings. The van der Waals surface area contributed by atoms with Crippen LogP contribution in [0.4, 0.5) is 0 Å². The molecule has 0 aliphatic carbocycles. The van der Waals surface area contributed by atoms with Crippen molar-refractivity contribution in [3.05, 3.63) is 60.2 Å². The molecule has 0 N–H and O–H groups in total. The van der Waals surface area contributed by atoms with Gasteiger partial charge in [0.25, 0.3) is 0 Å². The molecule has 0 saturated carbocycles. The van der Waals surface area contributed by atoms with Crippen LogP contribution in [0.25, 0.3) is 22.3 Å². The Morgan fingerprint density at radius 2 is 1.62 bits per heavy atom. The summed E-state index contributed by atoms with van der Waals surface area (Å²) in [5.41, 5.74) is 3.35. The van der Waals surface area contributed by atoms with Crippen molar-refractivity contribution in [3.63, 3.8) is 0 Å². The Labute approximate surface area is 94.3 Å². The maximum atomic E-state index is 5.83. The van der Waals surface area contributed by atoms with Gasteiger partial charge < -0.3 is 4.42 Å². The average molecular weight is 208 g/mol.